The van der Waals surface area contributed by atoms with Gasteiger partial charge in [0.25, 0.3) is 0 Å². The largest absolute Gasteiger partial charge is 0.353 e. The smallest absolute Gasteiger partial charge is 0.208 e. The molecule has 20 heavy (non-hydrogen) atoms. The van der Waals surface area contributed by atoms with Crippen molar-refractivity contribution in [3.05, 3.63) is 16.5 Å². The summed E-state index contributed by atoms with van der Waals surface area (Å²) in [4.78, 5) is 10.8. The van der Waals surface area contributed by atoms with Crippen LogP contribution in [-0.2, 0) is 0 Å². The summed E-state index contributed by atoms with van der Waals surface area (Å²) in [6.07, 6.45) is 0. The predicted octanol–water partition coefficient (Wildman–Crippen LogP) is 3.63. The third-order valence-electron chi connectivity index (χ3n) is 2.54. The lowest BCUT2D eigenvalue weighted by Gasteiger charge is -2.09. The van der Waals surface area contributed by atoms with Crippen molar-refractivity contribution >= 4 is 39.8 Å². The predicted molar refractivity (Wildman–Crippen MR) is 84.2 cm³/mol. The third kappa shape index (κ3) is 3.39. The molecule has 0 unspecified atom stereocenters. The van der Waals surface area contributed by atoms with Crippen LogP contribution in [0.2, 0.25) is 5.15 Å². The minimum Gasteiger partial charge on any atom is -0.353 e. The summed E-state index contributed by atoms with van der Waals surface area (Å²) in [5.74, 6) is 0.986. The van der Waals surface area contributed by atoms with Crippen LogP contribution in [0.1, 0.15) is 31.2 Å². The van der Waals surface area contributed by atoms with E-state index in [-0.39, 0.29) is 5.92 Å². The Morgan fingerprint density at radius 1 is 1.20 bits per heavy atom. The zero-order chi connectivity index (χ0) is 14.9. The lowest BCUT2D eigenvalue weighted by molar-refractivity contribution is 0.747. The van der Waals surface area contributed by atoms with Crippen molar-refractivity contribution in [1.29, 1.82) is 0 Å². The van der Waals surface area contributed by atoms with Gasteiger partial charge >= 0.3 is 0 Å². The number of nitrogens with zero attached hydrogens (tertiary/aromatic N) is 5. The quantitative estimate of drug-likeness (QED) is 0.798. The highest BCUT2D eigenvalue weighted by atomic mass is 35.5. The number of rotatable bonds is 4. The summed E-state index contributed by atoms with van der Waals surface area (Å²) in [7, 11) is 3.89. The van der Waals surface area contributed by atoms with Crippen molar-refractivity contribution in [3.63, 3.8) is 0 Å². The van der Waals surface area contributed by atoms with Gasteiger partial charge in [0.05, 0.1) is 0 Å². The molecule has 0 saturated carbocycles. The lowest BCUT2D eigenvalue weighted by Crippen LogP contribution is -2.07. The van der Waals surface area contributed by atoms with Crippen LogP contribution in [0.4, 0.5) is 5.13 Å². The van der Waals surface area contributed by atoms with Crippen LogP contribution in [0.3, 0.4) is 0 Å². The van der Waals surface area contributed by atoms with Gasteiger partial charge in [-0.1, -0.05) is 36.8 Å². The number of hydrogen-bond donors (Lipinski definition) is 0. The van der Waals surface area contributed by atoms with Gasteiger partial charge in [0.2, 0.25) is 5.13 Å². The van der Waals surface area contributed by atoms with Gasteiger partial charge in [0.1, 0.15) is 16.0 Å². The van der Waals surface area contributed by atoms with Gasteiger partial charge in [-0.15, -0.1) is 10.2 Å². The highest BCUT2D eigenvalue weighted by molar-refractivity contribution is 8.01. The Kier molecular flexibility index (Phi) is 4.82. The monoisotopic (exact) mass is 329 g/mol. The lowest BCUT2D eigenvalue weighted by atomic mass is 10.2. The SMILES string of the molecule is Cc1c(Cl)nc(C(C)C)nc1Sc1nnc(N(C)C)s1. The second-order valence-corrected chi connectivity index (χ2v) is 7.35. The molecule has 0 N–H and O–H groups in total. The van der Waals surface area contributed by atoms with Gasteiger partial charge in [-0.3, -0.25) is 0 Å². The average molecular weight is 330 g/mol. The first kappa shape index (κ1) is 15.5. The minimum absolute atomic E-state index is 0.235. The van der Waals surface area contributed by atoms with Gasteiger partial charge < -0.3 is 4.90 Å². The molecule has 0 fully saturated rings. The number of anilines is 1. The molecule has 0 aliphatic rings. The van der Waals surface area contributed by atoms with E-state index < -0.39 is 0 Å². The molecule has 108 valence electrons. The summed E-state index contributed by atoms with van der Waals surface area (Å²) >= 11 is 9.19. The number of aromatic nitrogens is 4. The molecular formula is C12H16ClN5S2. The van der Waals surface area contributed by atoms with Crippen molar-refractivity contribution in [1.82, 2.24) is 20.2 Å². The fraction of sp³-hybridized carbons (Fsp3) is 0.500. The van der Waals surface area contributed by atoms with Gasteiger partial charge in [-0.05, 0) is 18.7 Å². The molecule has 2 aromatic heterocycles. The Morgan fingerprint density at radius 3 is 2.45 bits per heavy atom. The molecule has 0 bridgehead atoms. The molecule has 0 spiro atoms. The first-order valence-corrected chi connectivity index (χ1v) is 8.12. The summed E-state index contributed by atoms with van der Waals surface area (Å²) in [5.41, 5.74) is 0.877. The first-order valence-electron chi connectivity index (χ1n) is 6.11. The molecule has 0 aromatic carbocycles. The highest BCUT2D eigenvalue weighted by Crippen LogP contribution is 2.35. The van der Waals surface area contributed by atoms with Crippen LogP contribution >= 0.6 is 34.7 Å². The van der Waals surface area contributed by atoms with E-state index in [0.717, 1.165) is 25.9 Å². The Bertz CT molecular complexity index is 612. The molecule has 0 amide bonds. The third-order valence-corrected chi connectivity index (χ3v) is 5.14. The number of hydrogen-bond acceptors (Lipinski definition) is 7. The molecule has 0 radical (unpaired) electrons. The van der Waals surface area contributed by atoms with Crippen molar-refractivity contribution < 1.29 is 0 Å². The zero-order valence-electron chi connectivity index (χ0n) is 12.0. The molecule has 0 atom stereocenters. The van der Waals surface area contributed by atoms with Crippen LogP contribution in [0.25, 0.3) is 0 Å². The van der Waals surface area contributed by atoms with Gasteiger partial charge in [-0.25, -0.2) is 9.97 Å². The first-order chi connectivity index (χ1) is 9.38. The van der Waals surface area contributed by atoms with E-state index in [0.29, 0.717) is 5.15 Å². The molecule has 8 heteroatoms. The molecule has 0 aliphatic carbocycles. The van der Waals surface area contributed by atoms with Crippen molar-refractivity contribution in [3.8, 4) is 0 Å². The second-order valence-electron chi connectivity index (χ2n) is 4.80. The van der Waals surface area contributed by atoms with E-state index in [1.165, 1.54) is 23.1 Å². The van der Waals surface area contributed by atoms with E-state index in [9.17, 15) is 0 Å². The van der Waals surface area contributed by atoms with E-state index in [1.54, 1.807) is 0 Å². The maximum Gasteiger partial charge on any atom is 0.208 e. The summed E-state index contributed by atoms with van der Waals surface area (Å²) in [6.45, 7) is 6.01. The van der Waals surface area contributed by atoms with E-state index in [4.69, 9.17) is 11.6 Å². The average Bonchev–Trinajstić information content (AvgIpc) is 2.83. The van der Waals surface area contributed by atoms with Crippen molar-refractivity contribution in [2.45, 2.75) is 36.1 Å². The van der Waals surface area contributed by atoms with E-state index in [2.05, 4.69) is 20.2 Å². The molecule has 2 heterocycles. The van der Waals surface area contributed by atoms with E-state index in [1.807, 2.05) is 39.8 Å². The Hall–Kier alpha value is -0.920. The van der Waals surface area contributed by atoms with Crippen molar-refractivity contribution in [2.24, 2.45) is 0 Å². The fourth-order valence-corrected chi connectivity index (χ4v) is 3.35. The van der Waals surface area contributed by atoms with E-state index >= 15 is 0 Å². The van der Waals surface area contributed by atoms with Crippen LogP contribution < -0.4 is 4.90 Å². The molecular weight excluding hydrogens is 314 g/mol. The summed E-state index contributed by atoms with van der Waals surface area (Å²) < 4.78 is 0.848. The Balaban J connectivity index is 2.32. The summed E-state index contributed by atoms with van der Waals surface area (Å²) in [5, 5.41) is 10.5. The standard InChI is InChI=1S/C12H16ClN5S2/c1-6(2)9-14-8(13)7(3)10(15-9)19-12-17-16-11(20-12)18(4)5/h6H,1-5H3. The van der Waals surface area contributed by atoms with Crippen LogP contribution in [0.5, 0.6) is 0 Å². The zero-order valence-corrected chi connectivity index (χ0v) is 14.4. The minimum atomic E-state index is 0.235. The second kappa shape index (κ2) is 6.24. The fourth-order valence-electron chi connectivity index (χ4n) is 1.35. The van der Waals surface area contributed by atoms with Crippen LogP contribution in [-0.4, -0.2) is 34.3 Å². The van der Waals surface area contributed by atoms with Crippen LogP contribution in [0, 0.1) is 6.92 Å². The van der Waals surface area contributed by atoms with Gasteiger partial charge in [0.15, 0.2) is 4.34 Å². The molecule has 2 aromatic rings. The van der Waals surface area contributed by atoms with Gasteiger partial charge in [-0.2, -0.15) is 0 Å². The van der Waals surface area contributed by atoms with Crippen molar-refractivity contribution in [2.75, 3.05) is 19.0 Å². The molecule has 2 rings (SSSR count). The Labute approximate surface area is 131 Å². The normalized spacial score (nSPS) is 11.2. The topological polar surface area (TPSA) is 54.8 Å². The maximum atomic E-state index is 6.18. The molecule has 0 saturated heterocycles. The summed E-state index contributed by atoms with van der Waals surface area (Å²) in [6, 6.07) is 0. The Morgan fingerprint density at radius 2 is 1.90 bits per heavy atom. The molecule has 5 nitrogen and oxygen atoms in total. The highest BCUT2D eigenvalue weighted by Gasteiger charge is 2.15. The maximum absolute atomic E-state index is 6.18. The number of halogens is 1. The van der Waals surface area contributed by atoms with Gasteiger partial charge in [0, 0.05) is 25.6 Å². The molecule has 0 aliphatic heterocycles. The van der Waals surface area contributed by atoms with Crippen LogP contribution in [0.15, 0.2) is 9.37 Å².